The van der Waals surface area contributed by atoms with Crippen molar-refractivity contribution in [2.24, 2.45) is 0 Å². The highest BCUT2D eigenvalue weighted by atomic mass is 79.9. The summed E-state index contributed by atoms with van der Waals surface area (Å²) in [6.45, 7) is 9.39. The predicted molar refractivity (Wildman–Crippen MR) is 85.3 cm³/mol. The van der Waals surface area contributed by atoms with Gasteiger partial charge in [-0.05, 0) is 32.3 Å². The Hall–Kier alpha value is -0.390. The number of rotatable bonds is 7. The third kappa shape index (κ3) is 4.30. The van der Waals surface area contributed by atoms with Gasteiger partial charge in [-0.3, -0.25) is 9.58 Å². The molecule has 1 aromatic rings. The summed E-state index contributed by atoms with van der Waals surface area (Å²) in [6, 6.07) is 2.26. The second-order valence-electron chi connectivity index (χ2n) is 5.33. The minimum absolute atomic E-state index is 0.450. The smallest absolute Gasteiger partial charge is 0.0625 e. The summed E-state index contributed by atoms with van der Waals surface area (Å²) in [5.41, 5.74) is 2.56. The Kier molecular flexibility index (Phi) is 6.52. The summed E-state index contributed by atoms with van der Waals surface area (Å²) in [5.74, 6) is 0. The lowest BCUT2D eigenvalue weighted by Crippen LogP contribution is -2.37. The summed E-state index contributed by atoms with van der Waals surface area (Å²) in [7, 11) is 0. The van der Waals surface area contributed by atoms with E-state index in [4.69, 9.17) is 4.74 Å². The van der Waals surface area contributed by atoms with E-state index < -0.39 is 0 Å². The van der Waals surface area contributed by atoms with Gasteiger partial charge in [0.25, 0.3) is 0 Å². The van der Waals surface area contributed by atoms with Crippen LogP contribution in [0.3, 0.4) is 0 Å². The van der Waals surface area contributed by atoms with Gasteiger partial charge in [-0.1, -0.05) is 22.9 Å². The molecular weight excluding hydrogens is 318 g/mol. The van der Waals surface area contributed by atoms with E-state index in [1.807, 2.05) is 0 Å². The number of likely N-dealkylation sites (tertiary alicyclic amines) is 1. The van der Waals surface area contributed by atoms with E-state index in [0.29, 0.717) is 6.10 Å². The van der Waals surface area contributed by atoms with Crippen molar-refractivity contribution < 1.29 is 4.74 Å². The Morgan fingerprint density at radius 1 is 1.35 bits per heavy atom. The van der Waals surface area contributed by atoms with Gasteiger partial charge in [0.1, 0.15) is 0 Å². The van der Waals surface area contributed by atoms with E-state index in [0.717, 1.165) is 57.4 Å². The van der Waals surface area contributed by atoms with Crippen molar-refractivity contribution in [1.82, 2.24) is 14.7 Å². The van der Waals surface area contributed by atoms with Crippen molar-refractivity contribution in [2.75, 3.05) is 25.0 Å². The quantitative estimate of drug-likeness (QED) is 0.713. The first-order valence-corrected chi connectivity index (χ1v) is 8.84. The van der Waals surface area contributed by atoms with Crippen molar-refractivity contribution in [2.45, 2.75) is 52.3 Å². The van der Waals surface area contributed by atoms with Gasteiger partial charge in [-0.2, -0.15) is 5.10 Å². The lowest BCUT2D eigenvalue weighted by molar-refractivity contribution is 0.0136. The highest BCUT2D eigenvalue weighted by Crippen LogP contribution is 2.17. The average Bonchev–Trinajstić information content (AvgIpc) is 2.88. The molecule has 4 nitrogen and oxygen atoms in total. The number of hydrogen-bond acceptors (Lipinski definition) is 3. The minimum atomic E-state index is 0.450. The number of ether oxygens (including phenoxy) is 1. The molecule has 0 atom stereocenters. The lowest BCUT2D eigenvalue weighted by atomic mass is 10.1. The molecule has 1 aliphatic rings. The van der Waals surface area contributed by atoms with E-state index in [2.05, 4.69) is 50.5 Å². The maximum atomic E-state index is 5.81. The first-order chi connectivity index (χ1) is 9.76. The van der Waals surface area contributed by atoms with Crippen LogP contribution in [0.1, 0.15) is 38.1 Å². The average molecular weight is 344 g/mol. The third-order valence-corrected chi connectivity index (χ3v) is 4.25. The molecule has 0 aromatic carbocycles. The molecule has 0 amide bonds. The van der Waals surface area contributed by atoms with Gasteiger partial charge in [0.15, 0.2) is 0 Å². The zero-order chi connectivity index (χ0) is 14.4. The molecule has 0 spiro atoms. The Bertz CT molecular complexity index is 400. The molecule has 1 saturated heterocycles. The normalized spacial score (nSPS) is 17.8. The Morgan fingerprint density at radius 3 is 2.70 bits per heavy atom. The van der Waals surface area contributed by atoms with Crippen LogP contribution in [0.2, 0.25) is 0 Å². The molecule has 0 bridgehead atoms. The van der Waals surface area contributed by atoms with Crippen molar-refractivity contribution in [3.05, 3.63) is 17.5 Å². The second kappa shape index (κ2) is 8.15. The largest absolute Gasteiger partial charge is 0.377 e. The number of piperidine rings is 1. The molecule has 0 unspecified atom stereocenters. The maximum absolute atomic E-state index is 5.81. The first-order valence-electron chi connectivity index (χ1n) is 7.72. The fourth-order valence-corrected chi connectivity index (χ4v) is 2.95. The molecule has 1 fully saturated rings. The number of nitrogens with zero attached hydrogens (tertiary/aromatic N) is 3. The fraction of sp³-hybridized carbons (Fsp3) is 0.800. The monoisotopic (exact) mass is 343 g/mol. The molecule has 0 aliphatic carbocycles. The van der Waals surface area contributed by atoms with Gasteiger partial charge in [0.05, 0.1) is 24.1 Å². The van der Waals surface area contributed by atoms with E-state index >= 15 is 0 Å². The summed E-state index contributed by atoms with van der Waals surface area (Å²) in [4.78, 5) is 2.52. The van der Waals surface area contributed by atoms with Crippen LogP contribution in [0, 0.1) is 0 Å². The Morgan fingerprint density at radius 2 is 2.10 bits per heavy atom. The second-order valence-corrected chi connectivity index (χ2v) is 6.12. The van der Waals surface area contributed by atoms with Crippen molar-refractivity contribution in [3.63, 3.8) is 0 Å². The number of aryl methyl sites for hydroxylation is 2. The fourth-order valence-electron chi connectivity index (χ4n) is 2.76. The molecule has 0 radical (unpaired) electrons. The maximum Gasteiger partial charge on any atom is 0.0625 e. The van der Waals surface area contributed by atoms with E-state index in [1.165, 1.54) is 11.4 Å². The van der Waals surface area contributed by atoms with E-state index in [1.54, 1.807) is 0 Å². The molecular formula is C15H26BrN3O. The predicted octanol–water partition coefficient (Wildman–Crippen LogP) is 2.84. The van der Waals surface area contributed by atoms with E-state index in [-0.39, 0.29) is 0 Å². The van der Waals surface area contributed by atoms with E-state index in [9.17, 15) is 0 Å². The van der Waals surface area contributed by atoms with Crippen LogP contribution in [-0.2, 0) is 24.2 Å². The van der Waals surface area contributed by atoms with Crippen LogP contribution >= 0.6 is 15.9 Å². The molecule has 0 saturated carbocycles. The number of alkyl halides is 1. The molecule has 114 valence electrons. The topological polar surface area (TPSA) is 30.3 Å². The van der Waals surface area contributed by atoms with Crippen LogP contribution in [-0.4, -0.2) is 45.8 Å². The van der Waals surface area contributed by atoms with Gasteiger partial charge >= 0.3 is 0 Å². The van der Waals surface area contributed by atoms with Crippen molar-refractivity contribution >= 4 is 15.9 Å². The van der Waals surface area contributed by atoms with Crippen molar-refractivity contribution in [1.29, 1.82) is 0 Å². The standard InChI is InChI=1S/C15H26BrN3O/c1-3-13-11-14(19(4-2)17-13)12-18-8-5-15(6-9-18)20-10-7-16/h11,15H,3-10,12H2,1-2H3. The van der Waals surface area contributed by atoms with Crippen LogP contribution in [0.15, 0.2) is 6.07 Å². The molecule has 2 rings (SSSR count). The van der Waals surface area contributed by atoms with Crippen LogP contribution < -0.4 is 0 Å². The van der Waals surface area contributed by atoms with Crippen LogP contribution in [0.4, 0.5) is 0 Å². The molecule has 2 heterocycles. The summed E-state index contributed by atoms with van der Waals surface area (Å²) in [6.07, 6.45) is 3.76. The van der Waals surface area contributed by atoms with Gasteiger partial charge in [0.2, 0.25) is 0 Å². The minimum Gasteiger partial charge on any atom is -0.377 e. The molecule has 1 aliphatic heterocycles. The molecule has 20 heavy (non-hydrogen) atoms. The summed E-state index contributed by atoms with van der Waals surface area (Å²) >= 11 is 3.41. The number of halogens is 1. The number of hydrogen-bond donors (Lipinski definition) is 0. The van der Waals surface area contributed by atoms with Crippen LogP contribution in [0.25, 0.3) is 0 Å². The zero-order valence-corrected chi connectivity index (χ0v) is 14.2. The van der Waals surface area contributed by atoms with Crippen LogP contribution in [0.5, 0.6) is 0 Å². The van der Waals surface area contributed by atoms with Gasteiger partial charge in [-0.15, -0.1) is 0 Å². The molecule has 0 N–H and O–H groups in total. The Balaban J connectivity index is 1.84. The van der Waals surface area contributed by atoms with Gasteiger partial charge < -0.3 is 4.74 Å². The third-order valence-electron chi connectivity index (χ3n) is 3.93. The number of aromatic nitrogens is 2. The lowest BCUT2D eigenvalue weighted by Gasteiger charge is -2.31. The summed E-state index contributed by atoms with van der Waals surface area (Å²) < 4.78 is 7.95. The SMILES string of the molecule is CCc1cc(CN2CCC(OCCBr)CC2)n(CC)n1. The van der Waals surface area contributed by atoms with Gasteiger partial charge in [0, 0.05) is 31.5 Å². The van der Waals surface area contributed by atoms with Gasteiger partial charge in [-0.25, -0.2) is 0 Å². The molecule has 1 aromatic heterocycles. The first kappa shape index (κ1) is 16.0. The molecule has 5 heteroatoms. The van der Waals surface area contributed by atoms with Crippen molar-refractivity contribution in [3.8, 4) is 0 Å². The highest BCUT2D eigenvalue weighted by Gasteiger charge is 2.20. The summed E-state index contributed by atoms with van der Waals surface area (Å²) in [5, 5.41) is 5.56. The Labute approximate surface area is 130 Å². The zero-order valence-electron chi connectivity index (χ0n) is 12.6. The highest BCUT2D eigenvalue weighted by molar-refractivity contribution is 9.09.